The molecule has 1 aromatic rings. The molecule has 2 rings (SSSR count). The van der Waals surface area contributed by atoms with Gasteiger partial charge in [0, 0.05) is 6.04 Å². The van der Waals surface area contributed by atoms with Gasteiger partial charge in [0.1, 0.15) is 0 Å². The third-order valence-corrected chi connectivity index (χ3v) is 6.68. The molecule has 2 heterocycles. The highest BCUT2D eigenvalue weighted by Gasteiger charge is 2.18. The summed E-state index contributed by atoms with van der Waals surface area (Å²) in [6, 6.07) is 0.898. The summed E-state index contributed by atoms with van der Waals surface area (Å²) in [6.45, 7) is 31.3. The second-order valence-electron chi connectivity index (χ2n) is 8.91. The topological polar surface area (TPSA) is 16.1 Å². The molecule has 2 nitrogen and oxygen atoms in total. The zero-order chi connectivity index (χ0) is 27.9. The van der Waals surface area contributed by atoms with Crippen molar-refractivity contribution in [2.75, 3.05) is 13.1 Å². The molecule has 36 heavy (non-hydrogen) atoms. The Labute approximate surface area is 230 Å². The number of allylic oxidation sites excluding steroid dienone is 6. The van der Waals surface area contributed by atoms with Gasteiger partial charge in [-0.1, -0.05) is 97.8 Å². The van der Waals surface area contributed by atoms with E-state index in [1.54, 1.807) is 17.4 Å². The summed E-state index contributed by atoms with van der Waals surface area (Å²) in [5.41, 5.74) is 4.53. The highest BCUT2D eigenvalue weighted by molar-refractivity contribution is 7.12. The van der Waals surface area contributed by atoms with Gasteiger partial charge in [-0.05, 0) is 89.8 Å². The van der Waals surface area contributed by atoms with E-state index in [2.05, 4.69) is 75.9 Å². The first-order chi connectivity index (χ1) is 17.4. The standard InChI is InChI=1S/C17H21NS.C12H25N.2C2H6/c1-7-15(10-9-12(3)4)13(5)11-17-16(8-2)18-14(6)19-17;1-3-8-12(9-4-2)13-10-6-5-7-11-13;2*1-2/h7-11H,1-2H2,3-6H3;12H,3-11H2,1-2H3;2*1-2H3/b13-11+,15-10+;;;. The Hall–Kier alpha value is -1.71. The second kappa shape index (κ2) is 23.7. The maximum absolute atomic E-state index is 4.44. The van der Waals surface area contributed by atoms with Crippen LogP contribution in [0, 0.1) is 6.92 Å². The number of hydrogen-bond donors (Lipinski definition) is 0. The average molecular weight is 515 g/mol. The first-order valence-electron chi connectivity index (χ1n) is 14.4. The van der Waals surface area contributed by atoms with Crippen molar-refractivity contribution in [3.63, 3.8) is 0 Å². The Morgan fingerprint density at radius 2 is 1.50 bits per heavy atom. The molecule has 0 amide bonds. The van der Waals surface area contributed by atoms with Crippen molar-refractivity contribution in [1.82, 2.24) is 9.88 Å². The molecular formula is C33H58N2S. The number of thiazole rings is 1. The van der Waals surface area contributed by atoms with Crippen LogP contribution in [0.2, 0.25) is 0 Å². The fraction of sp³-hybridized carbons (Fsp3) is 0.606. The summed E-state index contributed by atoms with van der Waals surface area (Å²) < 4.78 is 0. The summed E-state index contributed by atoms with van der Waals surface area (Å²) in [4.78, 5) is 8.32. The van der Waals surface area contributed by atoms with E-state index < -0.39 is 0 Å². The van der Waals surface area contributed by atoms with Crippen LogP contribution in [0.5, 0.6) is 0 Å². The Bertz CT molecular complexity index is 779. The van der Waals surface area contributed by atoms with Crippen LogP contribution in [0.3, 0.4) is 0 Å². The Morgan fingerprint density at radius 1 is 0.944 bits per heavy atom. The molecule has 0 radical (unpaired) electrons. The largest absolute Gasteiger partial charge is 0.300 e. The SMILES string of the molecule is C=CC(=C\C=C(C)C)/C(C)=C/c1sc(C)nc1C=C.CC.CC.CCCC(CCC)N1CCCCC1. The van der Waals surface area contributed by atoms with Crippen molar-refractivity contribution >= 4 is 23.5 Å². The Balaban J connectivity index is 0. The number of likely N-dealkylation sites (tertiary alicyclic amines) is 1. The van der Waals surface area contributed by atoms with Crippen LogP contribution in [0.1, 0.15) is 123 Å². The lowest BCUT2D eigenvalue weighted by Crippen LogP contribution is -2.39. The molecule has 0 unspecified atom stereocenters. The normalized spacial score (nSPS) is 13.9. The summed E-state index contributed by atoms with van der Waals surface area (Å²) in [6.07, 6.45) is 19.9. The number of nitrogens with zero attached hydrogens (tertiary/aromatic N) is 2. The highest BCUT2D eigenvalue weighted by atomic mass is 32.1. The molecule has 1 aliphatic rings. The van der Waals surface area contributed by atoms with Crippen LogP contribution in [-0.4, -0.2) is 29.0 Å². The molecule has 0 bridgehead atoms. The molecule has 206 valence electrons. The van der Waals surface area contributed by atoms with Crippen molar-refractivity contribution in [2.45, 2.75) is 120 Å². The molecule has 1 aliphatic heterocycles. The van der Waals surface area contributed by atoms with E-state index in [4.69, 9.17) is 0 Å². The lowest BCUT2D eigenvalue weighted by Gasteiger charge is -2.34. The summed E-state index contributed by atoms with van der Waals surface area (Å²) in [5, 5.41) is 1.06. The van der Waals surface area contributed by atoms with Gasteiger partial charge in [0.25, 0.3) is 0 Å². The zero-order valence-electron chi connectivity index (χ0n) is 25.5. The molecule has 0 N–H and O–H groups in total. The second-order valence-corrected chi connectivity index (χ2v) is 10.1. The fourth-order valence-electron chi connectivity index (χ4n) is 4.06. The van der Waals surface area contributed by atoms with E-state index >= 15 is 0 Å². The summed E-state index contributed by atoms with van der Waals surface area (Å²) in [7, 11) is 0. The van der Waals surface area contributed by atoms with Crippen LogP contribution in [0.4, 0.5) is 0 Å². The molecule has 0 aliphatic carbocycles. The van der Waals surface area contributed by atoms with E-state index in [-0.39, 0.29) is 0 Å². The molecule has 1 aromatic heterocycles. The number of hydrogen-bond acceptors (Lipinski definition) is 3. The first kappa shape index (κ1) is 36.4. The Morgan fingerprint density at radius 3 is 1.94 bits per heavy atom. The van der Waals surface area contributed by atoms with Crippen molar-refractivity contribution in [3.05, 3.63) is 63.7 Å². The van der Waals surface area contributed by atoms with Crippen LogP contribution in [0.15, 0.2) is 48.1 Å². The summed E-state index contributed by atoms with van der Waals surface area (Å²) in [5.74, 6) is 0. The average Bonchev–Trinajstić information content (AvgIpc) is 3.26. The third-order valence-electron chi connectivity index (χ3n) is 5.75. The van der Waals surface area contributed by atoms with Gasteiger partial charge < -0.3 is 4.90 Å². The number of piperidine rings is 1. The number of aromatic nitrogens is 1. The predicted octanol–water partition coefficient (Wildman–Crippen LogP) is 11.1. The first-order valence-corrected chi connectivity index (χ1v) is 15.2. The van der Waals surface area contributed by atoms with Crippen LogP contribution < -0.4 is 0 Å². The van der Waals surface area contributed by atoms with E-state index in [0.717, 1.165) is 27.2 Å². The lowest BCUT2D eigenvalue weighted by atomic mass is 10.0. The van der Waals surface area contributed by atoms with Gasteiger partial charge in [0.15, 0.2) is 0 Å². The molecule has 0 aromatic carbocycles. The minimum atomic E-state index is 0.898. The minimum Gasteiger partial charge on any atom is -0.300 e. The van der Waals surface area contributed by atoms with E-state index in [9.17, 15) is 0 Å². The maximum Gasteiger partial charge on any atom is 0.0907 e. The van der Waals surface area contributed by atoms with Gasteiger partial charge in [0.2, 0.25) is 0 Å². The lowest BCUT2D eigenvalue weighted by molar-refractivity contribution is 0.146. The van der Waals surface area contributed by atoms with Crippen LogP contribution >= 0.6 is 11.3 Å². The Kier molecular flexibility index (Phi) is 24.0. The molecule has 0 spiro atoms. The number of aryl methyl sites for hydroxylation is 1. The fourth-order valence-corrected chi connectivity index (χ4v) is 5.00. The van der Waals surface area contributed by atoms with Gasteiger partial charge in [0.05, 0.1) is 15.6 Å². The maximum atomic E-state index is 4.44. The number of rotatable bonds is 10. The molecule has 1 fully saturated rings. The van der Waals surface area contributed by atoms with Crippen LogP contribution in [-0.2, 0) is 0 Å². The highest BCUT2D eigenvalue weighted by Crippen LogP contribution is 2.24. The van der Waals surface area contributed by atoms with E-state index in [1.165, 1.54) is 69.2 Å². The third kappa shape index (κ3) is 15.4. The molecule has 0 atom stereocenters. The zero-order valence-corrected chi connectivity index (χ0v) is 26.4. The minimum absolute atomic E-state index is 0.898. The van der Waals surface area contributed by atoms with E-state index in [1.807, 2.05) is 40.7 Å². The molecule has 0 saturated carbocycles. The molecular weight excluding hydrogens is 456 g/mol. The van der Waals surface area contributed by atoms with Gasteiger partial charge in [-0.3, -0.25) is 0 Å². The summed E-state index contributed by atoms with van der Waals surface area (Å²) >= 11 is 1.68. The molecule has 3 heteroatoms. The quantitative estimate of drug-likeness (QED) is 0.289. The predicted molar refractivity (Wildman–Crippen MR) is 170 cm³/mol. The monoisotopic (exact) mass is 514 g/mol. The smallest absolute Gasteiger partial charge is 0.0907 e. The van der Waals surface area contributed by atoms with Crippen LogP contribution in [0.25, 0.3) is 12.2 Å². The van der Waals surface area contributed by atoms with Crippen molar-refractivity contribution in [1.29, 1.82) is 0 Å². The van der Waals surface area contributed by atoms with Gasteiger partial charge in [-0.15, -0.1) is 11.3 Å². The van der Waals surface area contributed by atoms with E-state index in [0.29, 0.717) is 0 Å². The van der Waals surface area contributed by atoms with Crippen molar-refractivity contribution < 1.29 is 0 Å². The van der Waals surface area contributed by atoms with Gasteiger partial charge in [-0.25, -0.2) is 4.98 Å². The van der Waals surface area contributed by atoms with Crippen molar-refractivity contribution in [3.8, 4) is 0 Å². The van der Waals surface area contributed by atoms with Crippen molar-refractivity contribution in [2.24, 2.45) is 0 Å². The van der Waals surface area contributed by atoms with Gasteiger partial charge in [-0.2, -0.15) is 0 Å². The van der Waals surface area contributed by atoms with Gasteiger partial charge >= 0.3 is 0 Å². The molecule has 1 saturated heterocycles.